The molecule has 0 bridgehead atoms. The summed E-state index contributed by atoms with van der Waals surface area (Å²) in [6.45, 7) is 0.578. The second-order valence-corrected chi connectivity index (χ2v) is 8.63. The number of sulfonamides is 1. The van der Waals surface area contributed by atoms with Crippen molar-refractivity contribution < 1.29 is 22.7 Å². The van der Waals surface area contributed by atoms with Crippen LogP contribution < -0.4 is 5.32 Å². The summed E-state index contributed by atoms with van der Waals surface area (Å²) in [6.07, 6.45) is 1.70. The van der Waals surface area contributed by atoms with Crippen LogP contribution in [0.15, 0.2) is 46.7 Å². The third-order valence-corrected chi connectivity index (χ3v) is 6.62. The number of benzene rings is 1. The van der Waals surface area contributed by atoms with Gasteiger partial charge in [-0.25, -0.2) is 13.2 Å². The minimum absolute atomic E-state index is 0.132. The van der Waals surface area contributed by atoms with E-state index in [2.05, 4.69) is 5.32 Å². The summed E-state index contributed by atoms with van der Waals surface area (Å²) >= 11 is 1.23. The highest BCUT2D eigenvalue weighted by Crippen LogP contribution is 2.23. The number of carbonyl (C=O) groups excluding carboxylic acids is 2. The van der Waals surface area contributed by atoms with Crippen LogP contribution in [0.3, 0.4) is 0 Å². The molecule has 1 amide bonds. The summed E-state index contributed by atoms with van der Waals surface area (Å²) in [4.78, 5) is 24.2. The monoisotopic (exact) mass is 394 g/mol. The minimum Gasteiger partial charge on any atom is -0.451 e. The van der Waals surface area contributed by atoms with Crippen molar-refractivity contribution in [1.29, 1.82) is 0 Å². The van der Waals surface area contributed by atoms with Crippen LogP contribution in [0.5, 0.6) is 0 Å². The van der Waals surface area contributed by atoms with Gasteiger partial charge in [0.05, 0.1) is 4.90 Å². The zero-order valence-corrected chi connectivity index (χ0v) is 15.5. The number of hydrogen-bond acceptors (Lipinski definition) is 6. The topological polar surface area (TPSA) is 92.8 Å². The Balaban J connectivity index is 1.61. The van der Waals surface area contributed by atoms with E-state index in [4.69, 9.17) is 4.74 Å². The van der Waals surface area contributed by atoms with E-state index in [1.54, 1.807) is 29.6 Å². The van der Waals surface area contributed by atoms with Gasteiger partial charge >= 0.3 is 5.97 Å². The predicted molar refractivity (Wildman–Crippen MR) is 97.7 cm³/mol. The Morgan fingerprint density at radius 2 is 1.92 bits per heavy atom. The molecular formula is C17H18N2O5S2. The van der Waals surface area contributed by atoms with Gasteiger partial charge in [-0.1, -0.05) is 12.1 Å². The number of ether oxygens (including phenoxy) is 1. The molecule has 0 unspecified atom stereocenters. The van der Waals surface area contributed by atoms with Crippen LogP contribution in [0, 0.1) is 0 Å². The zero-order valence-electron chi connectivity index (χ0n) is 13.9. The van der Waals surface area contributed by atoms with E-state index in [0.29, 0.717) is 23.7 Å². The average molecular weight is 394 g/mol. The smallest absolute Gasteiger partial charge is 0.348 e. The molecule has 1 aliphatic rings. The molecule has 0 radical (unpaired) electrons. The van der Waals surface area contributed by atoms with E-state index >= 15 is 0 Å². The van der Waals surface area contributed by atoms with Crippen LogP contribution in [-0.4, -0.2) is 44.3 Å². The Labute approximate surface area is 155 Å². The molecule has 1 aromatic carbocycles. The van der Waals surface area contributed by atoms with Gasteiger partial charge in [-0.15, -0.1) is 11.3 Å². The van der Waals surface area contributed by atoms with Gasteiger partial charge in [0.25, 0.3) is 5.91 Å². The third-order valence-electron chi connectivity index (χ3n) is 3.88. The lowest BCUT2D eigenvalue weighted by molar-refractivity contribution is -0.119. The van der Waals surface area contributed by atoms with Crippen LogP contribution >= 0.6 is 11.3 Å². The molecule has 2 aromatic rings. The Morgan fingerprint density at radius 1 is 1.15 bits per heavy atom. The van der Waals surface area contributed by atoms with Crippen molar-refractivity contribution in [3.63, 3.8) is 0 Å². The summed E-state index contributed by atoms with van der Waals surface area (Å²) in [6, 6.07) is 9.39. The van der Waals surface area contributed by atoms with Crippen molar-refractivity contribution in [3.05, 3.63) is 46.7 Å². The highest BCUT2D eigenvalue weighted by Gasteiger charge is 2.27. The highest BCUT2D eigenvalue weighted by molar-refractivity contribution is 7.89. The van der Waals surface area contributed by atoms with Crippen LogP contribution in [0.4, 0.5) is 5.69 Å². The standard InChI is InChI=1S/C17H18N2O5S2/c20-16(12-24-17(21)15-7-4-10-25-15)18-13-5-3-6-14(11-13)26(22,23)19-8-1-2-9-19/h3-7,10-11H,1-2,8-9,12H2,(H,18,20). The van der Waals surface area contributed by atoms with Gasteiger partial charge in [-0.3, -0.25) is 4.79 Å². The van der Waals surface area contributed by atoms with Crippen LogP contribution in [0.1, 0.15) is 22.5 Å². The number of nitrogens with one attached hydrogen (secondary N) is 1. The van der Waals surface area contributed by atoms with Crippen LogP contribution in [0.25, 0.3) is 0 Å². The third kappa shape index (κ3) is 4.29. The first-order valence-electron chi connectivity index (χ1n) is 8.07. The van der Waals surface area contributed by atoms with Gasteiger partial charge in [-0.05, 0) is 42.5 Å². The normalized spacial score (nSPS) is 14.9. The van der Waals surface area contributed by atoms with Crippen molar-refractivity contribution in [2.24, 2.45) is 0 Å². The van der Waals surface area contributed by atoms with Crippen molar-refractivity contribution >= 4 is 38.9 Å². The van der Waals surface area contributed by atoms with Crippen LogP contribution in [0.2, 0.25) is 0 Å². The number of anilines is 1. The fraction of sp³-hybridized carbons (Fsp3) is 0.294. The summed E-state index contributed by atoms with van der Waals surface area (Å²) in [7, 11) is -3.55. The van der Waals surface area contributed by atoms with Crippen molar-refractivity contribution in [2.75, 3.05) is 25.0 Å². The molecule has 0 spiro atoms. The summed E-state index contributed by atoms with van der Waals surface area (Å²) < 4.78 is 31.5. The molecule has 1 saturated heterocycles. The number of hydrogen-bond donors (Lipinski definition) is 1. The number of thiophene rings is 1. The molecule has 9 heteroatoms. The first kappa shape index (κ1) is 18.6. The van der Waals surface area contributed by atoms with E-state index in [9.17, 15) is 18.0 Å². The maximum atomic E-state index is 12.6. The van der Waals surface area contributed by atoms with E-state index in [0.717, 1.165) is 12.8 Å². The zero-order chi connectivity index (χ0) is 18.6. The fourth-order valence-corrected chi connectivity index (χ4v) is 4.79. The van der Waals surface area contributed by atoms with Crippen molar-refractivity contribution in [3.8, 4) is 0 Å². The molecule has 0 aliphatic carbocycles. The lowest BCUT2D eigenvalue weighted by Gasteiger charge is -2.16. The molecule has 0 atom stereocenters. The van der Waals surface area contributed by atoms with Gasteiger partial charge in [-0.2, -0.15) is 4.31 Å². The maximum absolute atomic E-state index is 12.6. The maximum Gasteiger partial charge on any atom is 0.348 e. The largest absolute Gasteiger partial charge is 0.451 e. The average Bonchev–Trinajstić information content (AvgIpc) is 3.33. The number of rotatable bonds is 6. The van der Waals surface area contributed by atoms with Gasteiger partial charge < -0.3 is 10.1 Å². The lowest BCUT2D eigenvalue weighted by atomic mass is 10.3. The van der Waals surface area contributed by atoms with Crippen molar-refractivity contribution in [1.82, 2.24) is 4.31 Å². The molecule has 138 valence electrons. The number of amides is 1. The molecule has 1 fully saturated rings. The van der Waals surface area contributed by atoms with E-state index in [1.165, 1.54) is 27.8 Å². The molecule has 7 nitrogen and oxygen atoms in total. The first-order valence-corrected chi connectivity index (χ1v) is 10.4. The summed E-state index contributed by atoms with van der Waals surface area (Å²) in [5.41, 5.74) is 0.336. The van der Waals surface area contributed by atoms with E-state index in [1.807, 2.05) is 0 Å². The van der Waals surface area contributed by atoms with E-state index in [-0.39, 0.29) is 4.90 Å². The molecular weight excluding hydrogens is 376 g/mol. The Morgan fingerprint density at radius 3 is 2.62 bits per heavy atom. The molecule has 0 saturated carbocycles. The lowest BCUT2D eigenvalue weighted by Crippen LogP contribution is -2.28. The van der Waals surface area contributed by atoms with Crippen LogP contribution in [-0.2, 0) is 19.6 Å². The Kier molecular flexibility index (Phi) is 5.70. The van der Waals surface area contributed by atoms with E-state index < -0.39 is 28.5 Å². The summed E-state index contributed by atoms with van der Waals surface area (Å²) in [5, 5.41) is 4.29. The molecule has 3 rings (SSSR count). The van der Waals surface area contributed by atoms with Gasteiger partial charge in [0.15, 0.2) is 6.61 Å². The number of esters is 1. The van der Waals surface area contributed by atoms with Gasteiger partial charge in [0.1, 0.15) is 4.88 Å². The molecule has 1 aliphatic heterocycles. The number of nitrogens with zero attached hydrogens (tertiary/aromatic N) is 1. The van der Waals surface area contributed by atoms with Gasteiger partial charge in [0.2, 0.25) is 10.0 Å². The van der Waals surface area contributed by atoms with Gasteiger partial charge in [0, 0.05) is 18.8 Å². The molecule has 1 aromatic heterocycles. The Bertz CT molecular complexity index is 888. The molecule has 1 N–H and O–H groups in total. The molecule has 2 heterocycles. The SMILES string of the molecule is O=C(COC(=O)c1cccs1)Nc1cccc(S(=O)(=O)N2CCCC2)c1. The quantitative estimate of drug-likeness (QED) is 0.759. The summed E-state index contributed by atoms with van der Waals surface area (Å²) in [5.74, 6) is -1.11. The minimum atomic E-state index is -3.55. The second kappa shape index (κ2) is 7.98. The fourth-order valence-electron chi connectivity index (χ4n) is 2.61. The predicted octanol–water partition coefficient (Wildman–Crippen LogP) is 2.33. The second-order valence-electron chi connectivity index (χ2n) is 5.74. The first-order chi connectivity index (χ1) is 12.5. The van der Waals surface area contributed by atoms with Crippen molar-refractivity contribution in [2.45, 2.75) is 17.7 Å². The molecule has 26 heavy (non-hydrogen) atoms. The Hall–Kier alpha value is -2.23. The highest BCUT2D eigenvalue weighted by atomic mass is 32.2. The number of carbonyl (C=O) groups is 2.